The van der Waals surface area contributed by atoms with Crippen molar-refractivity contribution in [2.24, 2.45) is 11.5 Å². The smallest absolute Gasteiger partial charge is 0.405 e. The van der Waals surface area contributed by atoms with E-state index in [0.717, 1.165) is 16.5 Å². The van der Waals surface area contributed by atoms with Gasteiger partial charge in [0.15, 0.2) is 6.61 Å². The van der Waals surface area contributed by atoms with Gasteiger partial charge < -0.3 is 25.6 Å². The first kappa shape index (κ1) is 14.1. The number of benzene rings is 1. The molecule has 1 atom stereocenters. The van der Waals surface area contributed by atoms with Crippen LogP contribution >= 0.6 is 0 Å². The lowest BCUT2D eigenvalue weighted by Crippen LogP contribution is -2.13. The van der Waals surface area contributed by atoms with E-state index in [-0.39, 0.29) is 18.4 Å². The Kier molecular flexibility index (Phi) is 3.75. The van der Waals surface area contributed by atoms with Gasteiger partial charge in [0, 0.05) is 17.1 Å². The Morgan fingerprint density at radius 2 is 2.18 bits per heavy atom. The van der Waals surface area contributed by atoms with E-state index in [1.807, 2.05) is 30.5 Å². The van der Waals surface area contributed by atoms with Crippen molar-refractivity contribution in [2.75, 3.05) is 0 Å². The van der Waals surface area contributed by atoms with Crippen LogP contribution in [0.3, 0.4) is 0 Å². The summed E-state index contributed by atoms with van der Waals surface area (Å²) in [6.45, 7) is -0.165. The van der Waals surface area contributed by atoms with Crippen LogP contribution < -0.4 is 11.5 Å². The van der Waals surface area contributed by atoms with Gasteiger partial charge in [-0.3, -0.25) is 0 Å². The highest BCUT2D eigenvalue weighted by Gasteiger charge is 2.17. The van der Waals surface area contributed by atoms with E-state index in [9.17, 15) is 4.79 Å². The predicted molar refractivity (Wildman–Crippen MR) is 77.6 cm³/mol. The van der Waals surface area contributed by atoms with Gasteiger partial charge >= 0.3 is 6.09 Å². The zero-order chi connectivity index (χ0) is 15.5. The van der Waals surface area contributed by atoms with Gasteiger partial charge in [0.05, 0.1) is 6.04 Å². The number of nitrogens with one attached hydrogen (secondary N) is 1. The van der Waals surface area contributed by atoms with Gasteiger partial charge in [-0.05, 0) is 18.1 Å². The van der Waals surface area contributed by atoms with E-state index in [1.54, 1.807) is 0 Å². The summed E-state index contributed by atoms with van der Waals surface area (Å²) in [4.78, 5) is 13.7. The van der Waals surface area contributed by atoms with Crippen LogP contribution in [0.25, 0.3) is 10.9 Å². The fourth-order valence-corrected chi connectivity index (χ4v) is 2.23. The number of nitrogens with two attached hydrogens (primary N) is 2. The van der Waals surface area contributed by atoms with Gasteiger partial charge in [-0.2, -0.15) is 0 Å². The van der Waals surface area contributed by atoms with Crippen LogP contribution in [-0.4, -0.2) is 21.3 Å². The van der Waals surface area contributed by atoms with Gasteiger partial charge in [-0.25, -0.2) is 4.79 Å². The lowest BCUT2D eigenvalue weighted by atomic mass is 10.1. The summed E-state index contributed by atoms with van der Waals surface area (Å²) >= 11 is 0. The Labute approximate surface area is 125 Å². The number of aromatic nitrogens is 3. The number of H-pyrrole nitrogens is 1. The number of ether oxygens (including phenoxy) is 1. The van der Waals surface area contributed by atoms with Gasteiger partial charge in [0.1, 0.15) is 0 Å². The molecule has 1 aromatic carbocycles. The van der Waals surface area contributed by atoms with Crippen molar-refractivity contribution in [3.8, 4) is 0 Å². The summed E-state index contributed by atoms with van der Waals surface area (Å²) in [6, 6.07) is 7.50. The highest BCUT2D eigenvalue weighted by molar-refractivity contribution is 5.83. The standard InChI is InChI=1S/C14H15N5O3/c15-10(13-19-18-12(22-13)7-21-14(16)20)5-8-6-17-11-4-2-1-3-9(8)11/h1-4,6,10,17H,5,7,15H2,(H2,16,20)/t10-/m0/s1. The molecular formula is C14H15N5O3. The molecule has 0 saturated carbocycles. The highest BCUT2D eigenvalue weighted by atomic mass is 16.6. The zero-order valence-corrected chi connectivity index (χ0v) is 11.7. The third-order valence-corrected chi connectivity index (χ3v) is 3.25. The van der Waals surface area contributed by atoms with E-state index in [1.165, 1.54) is 0 Å². The number of hydrogen-bond acceptors (Lipinski definition) is 6. The molecule has 5 N–H and O–H groups in total. The number of rotatable bonds is 5. The maximum Gasteiger partial charge on any atom is 0.405 e. The molecule has 0 unspecified atom stereocenters. The fourth-order valence-electron chi connectivity index (χ4n) is 2.23. The summed E-state index contributed by atoms with van der Waals surface area (Å²) in [5.41, 5.74) is 13.1. The van der Waals surface area contributed by atoms with Crippen molar-refractivity contribution in [3.05, 3.63) is 47.8 Å². The minimum atomic E-state index is -0.900. The van der Waals surface area contributed by atoms with Crippen LogP contribution in [0.1, 0.15) is 23.4 Å². The largest absolute Gasteiger partial charge is 0.440 e. The summed E-state index contributed by atoms with van der Waals surface area (Å²) in [6.07, 6.45) is 1.56. The van der Waals surface area contributed by atoms with E-state index in [0.29, 0.717) is 6.42 Å². The number of para-hydroxylation sites is 1. The summed E-state index contributed by atoms with van der Waals surface area (Å²) < 4.78 is 9.95. The predicted octanol–water partition coefficient (Wildman–Crippen LogP) is 1.39. The van der Waals surface area contributed by atoms with Gasteiger partial charge in [-0.15, -0.1) is 10.2 Å². The van der Waals surface area contributed by atoms with Crippen molar-refractivity contribution >= 4 is 17.0 Å². The number of amides is 1. The Morgan fingerprint density at radius 3 is 3.00 bits per heavy atom. The molecule has 0 spiro atoms. The second kappa shape index (κ2) is 5.86. The molecule has 22 heavy (non-hydrogen) atoms. The number of nitrogens with zero attached hydrogens (tertiary/aromatic N) is 2. The second-order valence-corrected chi connectivity index (χ2v) is 4.81. The molecule has 2 heterocycles. The SMILES string of the molecule is NC(=O)OCc1nnc([C@@H](N)Cc2c[nH]c3ccccc23)o1. The molecule has 0 bridgehead atoms. The molecule has 0 aliphatic carbocycles. The van der Waals surface area contributed by atoms with E-state index >= 15 is 0 Å². The molecule has 3 aromatic rings. The normalized spacial score (nSPS) is 12.4. The van der Waals surface area contributed by atoms with E-state index in [2.05, 4.69) is 19.9 Å². The highest BCUT2D eigenvalue weighted by Crippen LogP contribution is 2.22. The van der Waals surface area contributed by atoms with E-state index < -0.39 is 12.1 Å². The summed E-state index contributed by atoms with van der Waals surface area (Å²) in [5, 5.41) is 8.74. The average Bonchev–Trinajstić information content (AvgIpc) is 3.13. The monoisotopic (exact) mass is 301 g/mol. The van der Waals surface area contributed by atoms with Crippen LogP contribution in [0.2, 0.25) is 0 Å². The third-order valence-electron chi connectivity index (χ3n) is 3.25. The Balaban J connectivity index is 1.71. The number of carbonyl (C=O) groups excluding carboxylic acids is 1. The Hall–Kier alpha value is -2.87. The molecule has 8 heteroatoms. The zero-order valence-electron chi connectivity index (χ0n) is 11.7. The van der Waals surface area contributed by atoms with Crippen LogP contribution in [0.5, 0.6) is 0 Å². The molecule has 114 valence electrons. The Morgan fingerprint density at radius 1 is 1.36 bits per heavy atom. The maximum absolute atomic E-state index is 10.5. The lowest BCUT2D eigenvalue weighted by molar-refractivity contribution is 0.138. The molecule has 3 rings (SSSR count). The topological polar surface area (TPSA) is 133 Å². The minimum Gasteiger partial charge on any atom is -0.440 e. The number of primary amides is 1. The first-order valence-corrected chi connectivity index (χ1v) is 6.68. The van der Waals surface area contributed by atoms with Gasteiger partial charge in [0.25, 0.3) is 5.89 Å². The minimum absolute atomic E-state index is 0.156. The molecule has 0 aliphatic rings. The molecule has 2 aromatic heterocycles. The maximum atomic E-state index is 10.5. The molecule has 0 saturated heterocycles. The summed E-state index contributed by atoms with van der Waals surface area (Å²) in [7, 11) is 0. The molecular weight excluding hydrogens is 286 g/mol. The summed E-state index contributed by atoms with van der Waals surface area (Å²) in [5.74, 6) is 0.441. The second-order valence-electron chi connectivity index (χ2n) is 4.81. The Bertz CT molecular complexity index is 794. The first-order valence-electron chi connectivity index (χ1n) is 6.68. The van der Waals surface area contributed by atoms with E-state index in [4.69, 9.17) is 15.9 Å². The van der Waals surface area contributed by atoms with Crippen LogP contribution in [0.15, 0.2) is 34.9 Å². The van der Waals surface area contributed by atoms with Crippen LogP contribution in [-0.2, 0) is 17.8 Å². The molecule has 0 radical (unpaired) electrons. The fraction of sp³-hybridized carbons (Fsp3) is 0.214. The number of hydrogen-bond donors (Lipinski definition) is 3. The van der Waals surface area contributed by atoms with Crippen molar-refractivity contribution in [3.63, 3.8) is 0 Å². The van der Waals surface area contributed by atoms with Crippen LogP contribution in [0.4, 0.5) is 4.79 Å². The van der Waals surface area contributed by atoms with Gasteiger partial charge in [0.2, 0.25) is 5.89 Å². The molecule has 1 amide bonds. The van der Waals surface area contributed by atoms with Crippen molar-refractivity contribution in [2.45, 2.75) is 19.1 Å². The molecule has 0 aliphatic heterocycles. The average molecular weight is 301 g/mol. The first-order chi connectivity index (χ1) is 10.6. The number of carbonyl (C=O) groups is 1. The van der Waals surface area contributed by atoms with Crippen molar-refractivity contribution in [1.82, 2.24) is 15.2 Å². The molecule has 8 nitrogen and oxygen atoms in total. The molecule has 0 fully saturated rings. The number of aromatic amines is 1. The third kappa shape index (κ3) is 2.91. The number of fused-ring (bicyclic) bond motifs is 1. The van der Waals surface area contributed by atoms with Gasteiger partial charge in [-0.1, -0.05) is 18.2 Å². The van der Waals surface area contributed by atoms with Crippen LogP contribution in [0, 0.1) is 0 Å². The lowest BCUT2D eigenvalue weighted by Gasteiger charge is -2.05. The van der Waals surface area contributed by atoms with Crippen molar-refractivity contribution in [1.29, 1.82) is 0 Å². The quantitative estimate of drug-likeness (QED) is 0.652. The van der Waals surface area contributed by atoms with Crippen molar-refractivity contribution < 1.29 is 13.9 Å².